The molecule has 0 spiro atoms. The molecule has 0 fully saturated rings. The topological polar surface area (TPSA) is 12.4 Å². The molecule has 0 bridgehead atoms. The molecule has 0 aromatic carbocycles. The highest BCUT2D eigenvalue weighted by Crippen LogP contribution is 2.26. The van der Waals surface area contributed by atoms with Crippen LogP contribution in [0.2, 0.25) is 0 Å². The molecule has 0 saturated carbocycles. The fraction of sp³-hybridized carbons (Fsp3) is 0. The molecule has 0 aromatic heterocycles. The van der Waals surface area contributed by atoms with Gasteiger partial charge in [-0.25, -0.2) is 4.52 Å². The van der Waals surface area contributed by atoms with Gasteiger partial charge in [0.05, 0.1) is 7.57 Å². The van der Waals surface area contributed by atoms with Crippen molar-refractivity contribution in [2.75, 3.05) is 0 Å². The second-order valence-electron chi connectivity index (χ2n) is 0.266. The average Bonchev–Trinajstić information content (AvgIpc) is 1.41. The SMILES string of the molecule is PN=PSCl. The van der Waals surface area contributed by atoms with Gasteiger partial charge < -0.3 is 0 Å². The summed E-state index contributed by atoms with van der Waals surface area (Å²) < 4.78 is 3.57. The normalized spacial score (nSPS) is 10.0. The maximum absolute atomic E-state index is 5.10. The van der Waals surface area contributed by atoms with Gasteiger partial charge in [0.15, 0.2) is 0 Å². The predicted molar refractivity (Wildman–Crippen MR) is 32.5 cm³/mol. The van der Waals surface area contributed by atoms with Crippen LogP contribution in [-0.2, 0) is 0 Å². The molecule has 0 saturated heterocycles. The smallest absolute Gasteiger partial charge is 0.0939 e. The molecule has 1 unspecified atom stereocenters. The van der Waals surface area contributed by atoms with E-state index in [9.17, 15) is 0 Å². The summed E-state index contributed by atoms with van der Waals surface area (Å²) in [6.07, 6.45) is 0. The molecule has 1 nitrogen and oxygen atoms in total. The Morgan fingerprint density at radius 1 is 2.00 bits per heavy atom. The summed E-state index contributed by atoms with van der Waals surface area (Å²) in [5.41, 5.74) is 0. The summed E-state index contributed by atoms with van der Waals surface area (Å²) >= 11 is 0. The summed E-state index contributed by atoms with van der Waals surface area (Å²) in [4.78, 5) is 0. The van der Waals surface area contributed by atoms with Gasteiger partial charge >= 0.3 is 0 Å². The third-order valence-corrected chi connectivity index (χ3v) is 2.11. The summed E-state index contributed by atoms with van der Waals surface area (Å²) in [7, 11) is 9.31. The molecule has 0 rings (SSSR count). The maximum atomic E-state index is 5.10. The first-order chi connectivity index (χ1) is 2.41. The van der Waals surface area contributed by atoms with E-state index >= 15 is 0 Å². The molecule has 0 aromatic rings. The van der Waals surface area contributed by atoms with Crippen molar-refractivity contribution in [2.45, 2.75) is 0 Å². The Bertz CT molecular complexity index is 36.6. The van der Waals surface area contributed by atoms with Gasteiger partial charge in [-0.15, -0.1) is 0 Å². The van der Waals surface area contributed by atoms with E-state index < -0.39 is 0 Å². The highest BCUT2D eigenvalue weighted by Gasteiger charge is 1.58. The Morgan fingerprint density at radius 3 is 2.60 bits per heavy atom. The van der Waals surface area contributed by atoms with Crippen molar-refractivity contribution in [1.82, 2.24) is 0 Å². The lowest BCUT2D eigenvalue weighted by atomic mass is 13.9. The Balaban J connectivity index is 2.62. The van der Waals surface area contributed by atoms with Gasteiger partial charge in [0.25, 0.3) is 0 Å². The largest absolute Gasteiger partial charge is 0.240 e. The lowest BCUT2D eigenvalue weighted by molar-refractivity contribution is 2.11. The average molecular weight is 145 g/mol. The third kappa shape index (κ3) is 5.17. The van der Waals surface area contributed by atoms with Crippen LogP contribution in [-0.4, -0.2) is 0 Å². The molecule has 0 radical (unpaired) electrons. The predicted octanol–water partition coefficient (Wildman–Crippen LogP) is 2.71. The zero-order valence-corrected chi connectivity index (χ0v) is 5.88. The highest BCUT2D eigenvalue weighted by molar-refractivity contribution is 8.59. The number of halogens is 1. The minimum atomic E-state index is 0.850. The van der Waals surface area contributed by atoms with Crippen LogP contribution in [0.15, 0.2) is 4.52 Å². The van der Waals surface area contributed by atoms with Crippen molar-refractivity contribution >= 4 is 38.2 Å². The van der Waals surface area contributed by atoms with Crippen LogP contribution >= 0.6 is 38.2 Å². The second kappa shape index (κ2) is 5.17. The molecule has 0 N–H and O–H groups in total. The third-order valence-electron chi connectivity index (χ3n) is 0.0780. The fourth-order valence-electron chi connectivity index (χ4n) is 0.0178. The summed E-state index contributed by atoms with van der Waals surface area (Å²) in [6.45, 7) is 0. The number of hydrogen-bond acceptors (Lipinski definition) is 2. The Hall–Kier alpha value is 1.17. The number of nitrogens with zero attached hydrogens (tertiary/aromatic N) is 1. The van der Waals surface area contributed by atoms with Gasteiger partial charge in [-0.3, -0.25) is 0 Å². The van der Waals surface area contributed by atoms with Crippen molar-refractivity contribution in [3.05, 3.63) is 0 Å². The van der Waals surface area contributed by atoms with Crippen LogP contribution < -0.4 is 0 Å². The van der Waals surface area contributed by atoms with Crippen molar-refractivity contribution < 1.29 is 0 Å². The van der Waals surface area contributed by atoms with Gasteiger partial charge in [0, 0.05) is 10.6 Å². The van der Waals surface area contributed by atoms with Crippen LogP contribution in [0.5, 0.6) is 0 Å². The first-order valence-corrected chi connectivity index (χ1v) is 4.41. The number of hydrogen-bond donors (Lipinski definition) is 0. The van der Waals surface area contributed by atoms with Crippen LogP contribution in [0.4, 0.5) is 0 Å². The van der Waals surface area contributed by atoms with Gasteiger partial charge in [-0.1, -0.05) is 0 Å². The quantitative estimate of drug-likeness (QED) is 0.517. The Kier molecular flexibility index (Phi) is 6.38. The van der Waals surface area contributed by atoms with E-state index in [4.69, 9.17) is 10.7 Å². The Morgan fingerprint density at radius 2 is 2.60 bits per heavy atom. The van der Waals surface area contributed by atoms with Crippen LogP contribution in [0.3, 0.4) is 0 Å². The first-order valence-electron chi connectivity index (χ1n) is 0.795. The van der Waals surface area contributed by atoms with E-state index in [1.54, 1.807) is 0 Å². The lowest BCUT2D eigenvalue weighted by Crippen LogP contribution is -0.964. The van der Waals surface area contributed by atoms with Gasteiger partial charge in [0.2, 0.25) is 0 Å². The zero-order chi connectivity index (χ0) is 4.12. The zero-order valence-electron chi connectivity index (χ0n) is 2.26. The lowest BCUT2D eigenvalue weighted by Gasteiger charge is -1.60. The van der Waals surface area contributed by atoms with E-state index in [0.29, 0.717) is 0 Å². The number of rotatable bonds is 1. The van der Waals surface area contributed by atoms with Crippen LogP contribution in [0, 0.1) is 0 Å². The van der Waals surface area contributed by atoms with E-state index in [1.165, 1.54) is 0 Å². The summed E-state index contributed by atoms with van der Waals surface area (Å²) in [5, 5.41) is 0. The van der Waals surface area contributed by atoms with Crippen LogP contribution in [0.1, 0.15) is 0 Å². The van der Waals surface area contributed by atoms with Gasteiger partial charge in [-0.05, 0) is 20.1 Å². The minimum absolute atomic E-state index is 0.850. The summed E-state index contributed by atoms with van der Waals surface area (Å²) in [6, 6.07) is 0. The second-order valence-corrected chi connectivity index (χ2v) is 3.64. The molecule has 5 heteroatoms. The van der Waals surface area contributed by atoms with Crippen molar-refractivity contribution in [1.29, 1.82) is 0 Å². The molecule has 5 heavy (non-hydrogen) atoms. The van der Waals surface area contributed by atoms with Crippen molar-refractivity contribution in [2.24, 2.45) is 4.52 Å². The molecular formula is H2ClNP2S. The van der Waals surface area contributed by atoms with E-state index in [0.717, 1.165) is 18.2 Å². The maximum Gasteiger partial charge on any atom is 0.0939 e. The molecular weight excluding hydrogens is 143 g/mol. The molecule has 1 atom stereocenters. The monoisotopic (exact) mass is 145 g/mol. The Labute approximate surface area is 43.3 Å². The fourth-order valence-corrected chi connectivity index (χ4v) is 1.44. The first kappa shape index (κ1) is 6.17. The van der Waals surface area contributed by atoms with Crippen LogP contribution in [0.25, 0.3) is 0 Å². The van der Waals surface area contributed by atoms with Gasteiger partial charge in [0.1, 0.15) is 0 Å². The molecule has 30 valence electrons. The molecule has 0 heterocycles. The molecule has 0 aliphatic heterocycles. The molecule has 0 aliphatic rings. The van der Waals surface area contributed by atoms with E-state index in [-0.39, 0.29) is 0 Å². The summed E-state index contributed by atoms with van der Waals surface area (Å²) in [5.74, 6) is 0. The highest BCUT2D eigenvalue weighted by atomic mass is 35.7. The molecule has 0 amide bonds. The molecule has 0 aliphatic carbocycles. The minimum Gasteiger partial charge on any atom is -0.240 e. The van der Waals surface area contributed by atoms with Crippen molar-refractivity contribution in [3.8, 4) is 0 Å². The van der Waals surface area contributed by atoms with E-state index in [2.05, 4.69) is 13.9 Å². The van der Waals surface area contributed by atoms with Gasteiger partial charge in [-0.2, -0.15) is 0 Å². The standard InChI is InChI=1S/ClH2NP2S/c1-5-4-2-3/h3H2. The van der Waals surface area contributed by atoms with E-state index in [1.807, 2.05) is 0 Å². The van der Waals surface area contributed by atoms with Crippen molar-refractivity contribution in [3.63, 3.8) is 0 Å².